The van der Waals surface area contributed by atoms with E-state index in [9.17, 15) is 9.18 Å². The van der Waals surface area contributed by atoms with Crippen molar-refractivity contribution in [1.29, 1.82) is 0 Å². The summed E-state index contributed by atoms with van der Waals surface area (Å²) >= 11 is 0. The van der Waals surface area contributed by atoms with Gasteiger partial charge in [-0.15, -0.1) is 0 Å². The van der Waals surface area contributed by atoms with Gasteiger partial charge in [0.05, 0.1) is 31.4 Å². The van der Waals surface area contributed by atoms with Gasteiger partial charge in [-0.05, 0) is 49.6 Å². The van der Waals surface area contributed by atoms with Crippen LogP contribution in [-0.4, -0.2) is 47.4 Å². The van der Waals surface area contributed by atoms with Gasteiger partial charge >= 0.3 is 6.03 Å². The maximum absolute atomic E-state index is 13.7. The number of urea groups is 1. The third-order valence-electron chi connectivity index (χ3n) is 6.19. The van der Waals surface area contributed by atoms with Crippen molar-refractivity contribution in [3.05, 3.63) is 71.5 Å². The van der Waals surface area contributed by atoms with Crippen LogP contribution in [0, 0.1) is 5.82 Å². The summed E-state index contributed by atoms with van der Waals surface area (Å²) in [5.41, 5.74) is 2.73. The second-order valence-corrected chi connectivity index (χ2v) is 8.33. The van der Waals surface area contributed by atoms with Gasteiger partial charge in [-0.2, -0.15) is 4.98 Å². The van der Waals surface area contributed by atoms with E-state index in [4.69, 9.17) is 14.0 Å². The quantitative estimate of drug-likeness (QED) is 0.575. The Kier molecular flexibility index (Phi) is 6.02. The minimum atomic E-state index is -0.514. The second-order valence-electron chi connectivity index (χ2n) is 8.33. The number of nitrogens with one attached hydrogen (secondary N) is 1. The van der Waals surface area contributed by atoms with Crippen LogP contribution in [0.2, 0.25) is 0 Å². The van der Waals surface area contributed by atoms with Gasteiger partial charge in [0.2, 0.25) is 5.82 Å². The molecule has 3 heterocycles. The molecule has 2 amide bonds. The van der Waals surface area contributed by atoms with Crippen molar-refractivity contribution in [2.24, 2.45) is 0 Å². The molecule has 0 aliphatic carbocycles. The molecule has 176 valence electrons. The van der Waals surface area contributed by atoms with Crippen LogP contribution >= 0.6 is 0 Å². The first-order valence-corrected chi connectivity index (χ1v) is 11.2. The lowest BCUT2D eigenvalue weighted by molar-refractivity contribution is 0.0877. The predicted molar refractivity (Wildman–Crippen MR) is 122 cm³/mol. The molecule has 3 aromatic rings. The summed E-state index contributed by atoms with van der Waals surface area (Å²) in [6.45, 7) is 3.00. The topological polar surface area (TPSA) is 89.7 Å². The van der Waals surface area contributed by atoms with Crippen molar-refractivity contribution in [2.75, 3.05) is 20.3 Å². The lowest BCUT2D eigenvalue weighted by atomic mass is 9.94. The molecule has 2 atom stereocenters. The van der Waals surface area contributed by atoms with Crippen LogP contribution in [0.5, 0.6) is 5.75 Å². The van der Waals surface area contributed by atoms with Crippen molar-refractivity contribution in [1.82, 2.24) is 20.4 Å². The number of hydrogen-bond acceptors (Lipinski definition) is 6. The summed E-state index contributed by atoms with van der Waals surface area (Å²) in [7, 11) is 1.60. The highest BCUT2D eigenvalue weighted by molar-refractivity contribution is 5.87. The fourth-order valence-electron chi connectivity index (χ4n) is 4.39. The summed E-state index contributed by atoms with van der Waals surface area (Å²) in [6.07, 6.45) is 1.86. The van der Waals surface area contributed by atoms with E-state index in [0.29, 0.717) is 35.7 Å². The van der Waals surface area contributed by atoms with Gasteiger partial charge in [0.15, 0.2) is 0 Å². The van der Waals surface area contributed by atoms with E-state index in [2.05, 4.69) is 15.5 Å². The number of halogens is 1. The summed E-state index contributed by atoms with van der Waals surface area (Å²) in [6, 6.07) is 12.7. The van der Waals surface area contributed by atoms with Crippen molar-refractivity contribution >= 4 is 11.6 Å². The minimum Gasteiger partial charge on any atom is -0.497 e. The molecule has 0 radical (unpaired) electrons. The normalized spacial score (nSPS) is 20.6. The van der Waals surface area contributed by atoms with E-state index < -0.39 is 6.04 Å². The van der Waals surface area contributed by atoms with Crippen LogP contribution in [0.15, 0.2) is 58.8 Å². The third kappa shape index (κ3) is 4.26. The fraction of sp³-hybridized carbons (Fsp3) is 0.320. The molecular formula is C25H25FN4O4. The Hall–Kier alpha value is -3.72. The number of nitrogens with zero attached hydrogens (tertiary/aromatic N) is 3. The lowest BCUT2D eigenvalue weighted by Crippen LogP contribution is -2.48. The van der Waals surface area contributed by atoms with Gasteiger partial charge < -0.3 is 19.3 Å². The molecule has 0 bridgehead atoms. The highest BCUT2D eigenvalue weighted by Gasteiger charge is 2.37. The Labute approximate surface area is 196 Å². The van der Waals surface area contributed by atoms with E-state index in [0.717, 1.165) is 18.4 Å². The lowest BCUT2D eigenvalue weighted by Gasteiger charge is -2.36. The van der Waals surface area contributed by atoms with Crippen molar-refractivity contribution < 1.29 is 23.2 Å². The summed E-state index contributed by atoms with van der Waals surface area (Å²) in [5, 5.41) is 7.15. The molecule has 2 aromatic carbocycles. The van der Waals surface area contributed by atoms with Gasteiger partial charge in [0, 0.05) is 17.9 Å². The molecule has 8 nitrogen and oxygen atoms in total. The Morgan fingerprint density at radius 3 is 2.76 bits per heavy atom. The standard InChI is InChI=1S/C25H25FN4O4/c1-15-21(24-28-23(29-34-24)17-5-3-6-18(26)13-17)22(16-8-10-19(32-2)11-9-16)27-25(31)30(15)14-20-7-4-12-33-20/h3,5-6,8-11,13,20,22H,4,7,12,14H2,1-2H3,(H,27,31). The van der Waals surface area contributed by atoms with E-state index in [1.807, 2.05) is 31.2 Å². The second kappa shape index (κ2) is 9.26. The molecule has 9 heteroatoms. The van der Waals surface area contributed by atoms with Crippen LogP contribution in [0.4, 0.5) is 9.18 Å². The molecule has 1 saturated heterocycles. The Bertz CT molecular complexity index is 1220. The number of benzene rings is 2. The molecule has 2 aliphatic rings. The zero-order chi connectivity index (χ0) is 23.7. The summed E-state index contributed by atoms with van der Waals surface area (Å²) < 4.78 is 30.4. The van der Waals surface area contributed by atoms with Crippen LogP contribution in [0.1, 0.15) is 37.3 Å². The van der Waals surface area contributed by atoms with Gasteiger partial charge in [0.25, 0.3) is 5.89 Å². The average Bonchev–Trinajstić information content (AvgIpc) is 3.54. The van der Waals surface area contributed by atoms with Crippen LogP contribution in [0.25, 0.3) is 17.0 Å². The molecule has 2 unspecified atom stereocenters. The number of allylic oxidation sites excluding steroid dienone is 1. The summed E-state index contributed by atoms with van der Waals surface area (Å²) in [5.74, 6) is 0.850. The molecular weight excluding hydrogens is 439 g/mol. The molecule has 1 N–H and O–H groups in total. The smallest absolute Gasteiger partial charge is 0.322 e. The van der Waals surface area contributed by atoms with E-state index in [1.54, 1.807) is 24.1 Å². The molecule has 1 aromatic heterocycles. The van der Waals surface area contributed by atoms with E-state index in [-0.39, 0.29) is 29.7 Å². The molecule has 5 rings (SSSR count). The van der Waals surface area contributed by atoms with Gasteiger partial charge in [0.1, 0.15) is 11.6 Å². The first-order chi connectivity index (χ1) is 16.5. The maximum Gasteiger partial charge on any atom is 0.322 e. The van der Waals surface area contributed by atoms with E-state index >= 15 is 0 Å². The Morgan fingerprint density at radius 2 is 2.06 bits per heavy atom. The average molecular weight is 464 g/mol. The zero-order valence-electron chi connectivity index (χ0n) is 19.0. The molecule has 2 aliphatic heterocycles. The van der Waals surface area contributed by atoms with Crippen LogP contribution in [-0.2, 0) is 4.74 Å². The van der Waals surface area contributed by atoms with Crippen molar-refractivity contribution in [3.63, 3.8) is 0 Å². The first kappa shape index (κ1) is 22.1. The molecule has 1 fully saturated rings. The SMILES string of the molecule is COc1ccc(C2NC(=O)N(CC3CCCO3)C(C)=C2c2nc(-c3cccc(F)c3)no2)cc1. The number of aromatic nitrogens is 2. The zero-order valence-corrected chi connectivity index (χ0v) is 19.0. The number of amides is 2. The molecule has 0 spiro atoms. The maximum atomic E-state index is 13.7. The van der Waals surface area contributed by atoms with Crippen molar-refractivity contribution in [2.45, 2.75) is 31.9 Å². The van der Waals surface area contributed by atoms with Gasteiger partial charge in [-0.1, -0.05) is 29.4 Å². The molecule has 0 saturated carbocycles. The number of carbonyl (C=O) groups is 1. The van der Waals surface area contributed by atoms with E-state index in [1.165, 1.54) is 12.1 Å². The fourth-order valence-corrected chi connectivity index (χ4v) is 4.39. The third-order valence-corrected chi connectivity index (χ3v) is 6.19. The summed E-state index contributed by atoms with van der Waals surface area (Å²) in [4.78, 5) is 19.4. The highest BCUT2D eigenvalue weighted by Crippen LogP contribution is 2.38. The number of hydrogen-bond donors (Lipinski definition) is 1. The van der Waals surface area contributed by atoms with Crippen LogP contribution < -0.4 is 10.1 Å². The Balaban J connectivity index is 1.56. The number of carbonyl (C=O) groups excluding carboxylic acids is 1. The largest absolute Gasteiger partial charge is 0.497 e. The highest BCUT2D eigenvalue weighted by atomic mass is 19.1. The number of ether oxygens (including phenoxy) is 2. The van der Waals surface area contributed by atoms with Crippen molar-refractivity contribution in [3.8, 4) is 17.1 Å². The predicted octanol–water partition coefficient (Wildman–Crippen LogP) is 4.56. The Morgan fingerprint density at radius 1 is 1.24 bits per heavy atom. The van der Waals surface area contributed by atoms with Gasteiger partial charge in [-0.3, -0.25) is 4.90 Å². The number of rotatable bonds is 6. The number of methoxy groups -OCH3 is 1. The van der Waals surface area contributed by atoms with Crippen LogP contribution in [0.3, 0.4) is 0 Å². The first-order valence-electron chi connectivity index (χ1n) is 11.2. The minimum absolute atomic E-state index is 0.0231. The molecule has 34 heavy (non-hydrogen) atoms. The monoisotopic (exact) mass is 464 g/mol. The van der Waals surface area contributed by atoms with Gasteiger partial charge in [-0.25, -0.2) is 9.18 Å².